The van der Waals surface area contributed by atoms with E-state index >= 15 is 0 Å². The molecule has 1 aromatic carbocycles. The third-order valence-electron chi connectivity index (χ3n) is 5.70. The maximum atomic E-state index is 12.2. The fourth-order valence-electron chi connectivity index (χ4n) is 4.26. The first kappa shape index (κ1) is 19.9. The van der Waals surface area contributed by atoms with Crippen molar-refractivity contribution in [2.75, 3.05) is 6.54 Å². The van der Waals surface area contributed by atoms with Gasteiger partial charge in [-0.15, -0.1) is 0 Å². The van der Waals surface area contributed by atoms with E-state index in [0.717, 1.165) is 5.56 Å². The zero-order valence-corrected chi connectivity index (χ0v) is 18.0. The van der Waals surface area contributed by atoms with Crippen LogP contribution < -0.4 is 0 Å². The number of hydrogen-bond acceptors (Lipinski definition) is 5. The molecule has 26 heavy (non-hydrogen) atoms. The van der Waals surface area contributed by atoms with Crippen LogP contribution in [0.5, 0.6) is 11.5 Å². The Morgan fingerprint density at radius 1 is 1.42 bits per heavy atom. The van der Waals surface area contributed by atoms with Gasteiger partial charge >= 0.3 is 0 Å². The minimum atomic E-state index is -1.18. The number of phenols is 2. The minimum absolute atomic E-state index is 0.0894. The maximum absolute atomic E-state index is 12.2. The number of piperidine rings is 1. The monoisotopic (exact) mass is 537 g/mol. The smallest absolute Gasteiger partial charge is 0.219 e. The van der Waals surface area contributed by atoms with Crippen LogP contribution >= 0.6 is 38.5 Å². The molecular formula is C18H21BrINO5. The number of alkyl halides is 1. The van der Waals surface area contributed by atoms with Crippen LogP contribution in [0, 0.1) is 9.49 Å². The molecule has 142 valence electrons. The molecule has 0 radical (unpaired) electrons. The number of rotatable bonds is 2. The largest absolute Gasteiger partial charge is 0.504 e. The van der Waals surface area contributed by atoms with Crippen molar-refractivity contribution in [2.24, 2.45) is 5.92 Å². The van der Waals surface area contributed by atoms with Gasteiger partial charge in [-0.1, -0.05) is 22.0 Å². The molecule has 0 bridgehead atoms. The van der Waals surface area contributed by atoms with E-state index in [9.17, 15) is 24.9 Å². The third kappa shape index (κ3) is 3.24. The lowest BCUT2D eigenvalue weighted by molar-refractivity contribution is -0.164. The normalized spacial score (nSPS) is 31.6. The number of fused-ring (bicyclic) bond motifs is 1. The molecule has 1 aliphatic heterocycles. The van der Waals surface area contributed by atoms with Crippen LogP contribution in [0.15, 0.2) is 12.1 Å². The Labute approximate surface area is 173 Å². The number of Topliss-reactive ketones (excluding diaryl/α,β-unsaturated/α-hetero) is 1. The Hall–Kier alpha value is -0.870. The molecule has 1 saturated carbocycles. The second-order valence-corrected chi connectivity index (χ2v) is 9.16. The van der Waals surface area contributed by atoms with Crippen molar-refractivity contribution in [1.82, 2.24) is 4.90 Å². The summed E-state index contributed by atoms with van der Waals surface area (Å²) in [6, 6.07) is 2.61. The highest BCUT2D eigenvalue weighted by atomic mass is 127. The van der Waals surface area contributed by atoms with Crippen molar-refractivity contribution in [3.63, 3.8) is 0 Å². The number of benzene rings is 1. The van der Waals surface area contributed by atoms with Crippen molar-refractivity contribution in [1.29, 1.82) is 0 Å². The second-order valence-electron chi connectivity index (χ2n) is 7.09. The second kappa shape index (κ2) is 7.27. The molecule has 2 fully saturated rings. The summed E-state index contributed by atoms with van der Waals surface area (Å²) in [6.07, 6.45) is 1.48. The maximum Gasteiger partial charge on any atom is 0.219 e. The summed E-state index contributed by atoms with van der Waals surface area (Å²) >= 11 is 5.40. The molecule has 0 spiro atoms. The number of amides is 1. The Kier molecular flexibility index (Phi) is 5.56. The number of phenolic OH excluding ortho intramolecular Hbond substituents is 2. The summed E-state index contributed by atoms with van der Waals surface area (Å²) in [5, 5.41) is 31.2. The van der Waals surface area contributed by atoms with Gasteiger partial charge in [-0.2, -0.15) is 0 Å². The minimum Gasteiger partial charge on any atom is -0.504 e. The SMILES string of the molecule is CC(=O)N1CCC2C(Br)C(=O)CCC2(O)C1Cc1ccc(O)c(O)c1I. The number of hydrogen-bond donors (Lipinski definition) is 3. The molecule has 1 aromatic rings. The first-order valence-corrected chi connectivity index (χ1v) is 10.5. The van der Waals surface area contributed by atoms with E-state index in [1.165, 1.54) is 13.0 Å². The van der Waals surface area contributed by atoms with Gasteiger partial charge in [-0.25, -0.2) is 0 Å². The van der Waals surface area contributed by atoms with Gasteiger partial charge in [0.1, 0.15) is 5.78 Å². The highest BCUT2D eigenvalue weighted by Gasteiger charge is 2.56. The lowest BCUT2D eigenvalue weighted by Crippen LogP contribution is -2.67. The Morgan fingerprint density at radius 3 is 2.77 bits per heavy atom. The van der Waals surface area contributed by atoms with Crippen LogP contribution in [0.1, 0.15) is 31.7 Å². The molecule has 3 rings (SSSR count). The zero-order valence-electron chi connectivity index (χ0n) is 14.3. The lowest BCUT2D eigenvalue weighted by atomic mass is 9.65. The molecule has 8 heteroatoms. The van der Waals surface area contributed by atoms with Gasteiger partial charge in [0, 0.05) is 25.8 Å². The first-order valence-electron chi connectivity index (χ1n) is 8.52. The van der Waals surface area contributed by atoms with Crippen molar-refractivity contribution >= 4 is 50.2 Å². The van der Waals surface area contributed by atoms with E-state index in [2.05, 4.69) is 15.9 Å². The Bertz CT molecular complexity index is 757. The molecule has 6 nitrogen and oxygen atoms in total. The Balaban J connectivity index is 2.01. The van der Waals surface area contributed by atoms with E-state index in [1.807, 2.05) is 22.6 Å². The van der Waals surface area contributed by atoms with Gasteiger partial charge in [0.2, 0.25) is 5.91 Å². The number of aromatic hydroxyl groups is 2. The van der Waals surface area contributed by atoms with Crippen LogP contribution in [-0.2, 0) is 16.0 Å². The molecule has 1 saturated heterocycles. The van der Waals surface area contributed by atoms with Gasteiger partial charge in [-0.05, 0) is 53.5 Å². The summed E-state index contributed by atoms with van der Waals surface area (Å²) in [7, 11) is 0. The molecule has 4 unspecified atom stereocenters. The van der Waals surface area contributed by atoms with Crippen molar-refractivity contribution in [2.45, 2.75) is 49.1 Å². The number of halogens is 2. The van der Waals surface area contributed by atoms with E-state index < -0.39 is 16.5 Å². The van der Waals surface area contributed by atoms with Gasteiger partial charge in [-0.3, -0.25) is 9.59 Å². The zero-order chi connectivity index (χ0) is 19.2. The molecule has 4 atom stereocenters. The van der Waals surface area contributed by atoms with Crippen LogP contribution in [0.4, 0.5) is 0 Å². The van der Waals surface area contributed by atoms with Crippen LogP contribution in [0.3, 0.4) is 0 Å². The topological polar surface area (TPSA) is 98.1 Å². The molecule has 1 heterocycles. The number of likely N-dealkylation sites (tertiary alicyclic amines) is 1. The molecule has 3 N–H and O–H groups in total. The summed E-state index contributed by atoms with van der Waals surface area (Å²) < 4.78 is 0.499. The highest BCUT2D eigenvalue weighted by molar-refractivity contribution is 14.1. The van der Waals surface area contributed by atoms with Gasteiger partial charge < -0.3 is 20.2 Å². The summed E-state index contributed by atoms with van der Waals surface area (Å²) in [5.41, 5.74) is -0.433. The van der Waals surface area contributed by atoms with Crippen LogP contribution in [-0.4, -0.2) is 54.9 Å². The number of nitrogens with zero attached hydrogens (tertiary/aromatic N) is 1. The van der Waals surface area contributed by atoms with Gasteiger partial charge in [0.05, 0.1) is 20.0 Å². The molecule has 2 aliphatic rings. The predicted octanol–water partition coefficient (Wildman–Crippen LogP) is 2.34. The first-order chi connectivity index (χ1) is 12.2. The van der Waals surface area contributed by atoms with E-state index in [4.69, 9.17) is 0 Å². The van der Waals surface area contributed by atoms with Gasteiger partial charge in [0.25, 0.3) is 0 Å². The number of aliphatic hydroxyl groups is 1. The van der Waals surface area contributed by atoms with E-state index in [1.54, 1.807) is 11.0 Å². The fraction of sp³-hybridized carbons (Fsp3) is 0.556. The predicted molar refractivity (Wildman–Crippen MR) is 107 cm³/mol. The summed E-state index contributed by atoms with van der Waals surface area (Å²) in [4.78, 5) is 25.6. The molecule has 0 aromatic heterocycles. The average molecular weight is 538 g/mol. The standard InChI is InChI=1S/C18H21BrINO5/c1-9(22)21-7-5-11-15(19)12(23)4-6-18(11,26)14(21)8-10-2-3-13(24)17(25)16(10)20/h2-3,11,14-15,24-26H,4-8H2,1H3. The number of carbonyl (C=O) groups is 2. The van der Waals surface area contributed by atoms with E-state index in [-0.39, 0.29) is 35.5 Å². The number of carbonyl (C=O) groups excluding carboxylic acids is 2. The summed E-state index contributed by atoms with van der Waals surface area (Å²) in [5.74, 6) is -0.693. The van der Waals surface area contributed by atoms with Gasteiger partial charge in [0.15, 0.2) is 11.5 Å². The van der Waals surface area contributed by atoms with Crippen LogP contribution in [0.2, 0.25) is 0 Å². The van der Waals surface area contributed by atoms with E-state index in [0.29, 0.717) is 29.4 Å². The highest BCUT2D eigenvalue weighted by Crippen LogP contribution is 2.46. The third-order valence-corrected chi connectivity index (χ3v) is 8.05. The lowest BCUT2D eigenvalue weighted by Gasteiger charge is -2.54. The quantitative estimate of drug-likeness (QED) is 0.305. The van der Waals surface area contributed by atoms with Crippen molar-refractivity contribution in [3.05, 3.63) is 21.3 Å². The average Bonchev–Trinajstić information content (AvgIpc) is 2.59. The summed E-state index contributed by atoms with van der Waals surface area (Å²) in [6.45, 7) is 1.96. The molecule has 1 amide bonds. The fourth-order valence-corrected chi connectivity index (χ4v) is 5.89. The Morgan fingerprint density at radius 2 is 2.12 bits per heavy atom. The van der Waals surface area contributed by atoms with Crippen molar-refractivity contribution in [3.8, 4) is 11.5 Å². The molecular weight excluding hydrogens is 517 g/mol. The number of ketones is 1. The van der Waals surface area contributed by atoms with Crippen LogP contribution in [0.25, 0.3) is 0 Å². The van der Waals surface area contributed by atoms with Crippen molar-refractivity contribution < 1.29 is 24.9 Å². The molecule has 1 aliphatic carbocycles.